The highest BCUT2D eigenvalue weighted by Crippen LogP contribution is 2.35. The van der Waals surface area contributed by atoms with Crippen LogP contribution in [0.25, 0.3) is 10.9 Å². The third kappa shape index (κ3) is 4.34. The predicted octanol–water partition coefficient (Wildman–Crippen LogP) is 3.72. The molecular formula is C24H32N6O3. The van der Waals surface area contributed by atoms with Crippen molar-refractivity contribution < 1.29 is 9.47 Å². The third-order valence-corrected chi connectivity index (χ3v) is 7.20. The minimum atomic E-state index is -0.167. The van der Waals surface area contributed by atoms with Crippen molar-refractivity contribution in [3.8, 4) is 11.5 Å². The Morgan fingerprint density at radius 3 is 2.64 bits per heavy atom. The maximum atomic E-state index is 13.0. The van der Waals surface area contributed by atoms with Crippen LogP contribution in [0.4, 0.5) is 0 Å². The van der Waals surface area contributed by atoms with Gasteiger partial charge in [-0.15, -0.1) is 5.10 Å². The second kappa shape index (κ2) is 8.78. The van der Waals surface area contributed by atoms with Crippen LogP contribution in [0, 0.1) is 0 Å². The molecule has 33 heavy (non-hydrogen) atoms. The molecule has 9 nitrogen and oxygen atoms in total. The van der Waals surface area contributed by atoms with Crippen molar-refractivity contribution >= 4 is 10.9 Å². The highest BCUT2D eigenvalue weighted by molar-refractivity contribution is 5.83. The van der Waals surface area contributed by atoms with Crippen LogP contribution in [0.1, 0.15) is 70.7 Å². The summed E-state index contributed by atoms with van der Waals surface area (Å²) in [5, 5.41) is 13.6. The van der Waals surface area contributed by atoms with Gasteiger partial charge >= 0.3 is 0 Å². The fourth-order valence-corrected chi connectivity index (χ4v) is 4.84. The number of hydrogen-bond donors (Lipinski definition) is 1. The highest BCUT2D eigenvalue weighted by atomic mass is 16.7. The van der Waals surface area contributed by atoms with Crippen molar-refractivity contribution in [1.29, 1.82) is 0 Å². The molecule has 3 aromatic rings. The summed E-state index contributed by atoms with van der Waals surface area (Å²) in [6.45, 7) is 7.81. The van der Waals surface area contributed by atoms with Gasteiger partial charge in [-0.25, -0.2) is 4.68 Å². The smallest absolute Gasteiger partial charge is 0.252 e. The second-order valence-corrected chi connectivity index (χ2v) is 9.79. The maximum Gasteiger partial charge on any atom is 0.252 e. The lowest BCUT2D eigenvalue weighted by atomic mass is 9.93. The summed E-state index contributed by atoms with van der Waals surface area (Å²) in [4.78, 5) is 18.4. The van der Waals surface area contributed by atoms with Crippen molar-refractivity contribution in [3.05, 3.63) is 39.9 Å². The van der Waals surface area contributed by atoms with Gasteiger partial charge in [0.25, 0.3) is 5.56 Å². The van der Waals surface area contributed by atoms with Gasteiger partial charge in [-0.2, -0.15) is 0 Å². The lowest BCUT2D eigenvalue weighted by Crippen LogP contribution is -2.39. The first-order valence-corrected chi connectivity index (χ1v) is 11.9. The summed E-state index contributed by atoms with van der Waals surface area (Å²) < 4.78 is 12.9. The van der Waals surface area contributed by atoms with E-state index in [-0.39, 0.29) is 17.9 Å². The molecule has 0 radical (unpaired) electrons. The molecule has 176 valence electrons. The predicted molar refractivity (Wildman–Crippen MR) is 124 cm³/mol. The normalized spacial score (nSPS) is 16.7. The van der Waals surface area contributed by atoms with Crippen molar-refractivity contribution in [2.45, 2.75) is 84.0 Å². The zero-order valence-corrected chi connectivity index (χ0v) is 19.6. The molecule has 1 saturated carbocycles. The standard InChI is InChI=1S/C24H32N6O3/c1-4-24(2,3)30-22(26-27-28-30)14-29(18-8-6-5-7-9-18)13-17-10-16-11-20-21(33-15-32-20)12-19(16)25-23(17)31/h10-12,18H,4-9,13-15H2,1-3H3,(H,25,31). The number of benzene rings is 1. The van der Waals surface area contributed by atoms with Crippen LogP contribution in [0.5, 0.6) is 11.5 Å². The Kier molecular flexibility index (Phi) is 5.82. The molecule has 0 spiro atoms. The van der Waals surface area contributed by atoms with E-state index in [4.69, 9.17) is 9.47 Å². The van der Waals surface area contributed by atoms with Crippen LogP contribution < -0.4 is 15.0 Å². The summed E-state index contributed by atoms with van der Waals surface area (Å²) in [5.41, 5.74) is 1.25. The van der Waals surface area contributed by atoms with Crippen LogP contribution in [0.3, 0.4) is 0 Å². The summed E-state index contributed by atoms with van der Waals surface area (Å²) in [7, 11) is 0. The van der Waals surface area contributed by atoms with Gasteiger partial charge in [0.15, 0.2) is 17.3 Å². The van der Waals surface area contributed by atoms with E-state index in [2.05, 4.69) is 46.2 Å². The maximum absolute atomic E-state index is 13.0. The number of rotatable bonds is 7. The fourth-order valence-electron chi connectivity index (χ4n) is 4.84. The van der Waals surface area contributed by atoms with Crippen LogP contribution in [-0.4, -0.2) is 42.9 Å². The van der Waals surface area contributed by atoms with Crippen molar-refractivity contribution in [3.63, 3.8) is 0 Å². The lowest BCUT2D eigenvalue weighted by Gasteiger charge is -2.34. The molecule has 1 fully saturated rings. The molecule has 1 aliphatic heterocycles. The molecule has 0 unspecified atom stereocenters. The number of nitrogens with zero attached hydrogens (tertiary/aromatic N) is 5. The highest BCUT2D eigenvalue weighted by Gasteiger charge is 2.28. The summed E-state index contributed by atoms with van der Waals surface area (Å²) >= 11 is 0. The zero-order chi connectivity index (χ0) is 23.0. The molecule has 0 saturated heterocycles. The van der Waals surface area contributed by atoms with E-state index in [0.717, 1.165) is 41.6 Å². The molecule has 2 aromatic heterocycles. The number of pyridine rings is 1. The van der Waals surface area contributed by atoms with E-state index in [1.165, 1.54) is 19.3 Å². The van der Waals surface area contributed by atoms with Gasteiger partial charge in [0.2, 0.25) is 6.79 Å². The fraction of sp³-hybridized carbons (Fsp3) is 0.583. The minimum Gasteiger partial charge on any atom is -0.454 e. The molecule has 1 aromatic carbocycles. The number of ether oxygens (including phenoxy) is 2. The molecular weight excluding hydrogens is 420 g/mol. The van der Waals surface area contributed by atoms with Gasteiger partial charge < -0.3 is 14.5 Å². The average Bonchev–Trinajstić information content (AvgIpc) is 3.47. The first-order chi connectivity index (χ1) is 15.9. The quantitative estimate of drug-likeness (QED) is 0.583. The first-order valence-electron chi connectivity index (χ1n) is 11.9. The molecule has 2 aliphatic rings. The van der Waals surface area contributed by atoms with E-state index in [1.54, 1.807) is 0 Å². The molecule has 1 aliphatic carbocycles. The molecule has 0 bridgehead atoms. The molecule has 1 N–H and O–H groups in total. The largest absolute Gasteiger partial charge is 0.454 e. The van der Waals surface area contributed by atoms with Gasteiger partial charge in [-0.3, -0.25) is 9.69 Å². The molecule has 5 rings (SSSR count). The molecule has 9 heteroatoms. The molecule has 0 amide bonds. The molecule has 0 atom stereocenters. The van der Waals surface area contributed by atoms with Crippen LogP contribution in [0.15, 0.2) is 23.0 Å². The summed E-state index contributed by atoms with van der Waals surface area (Å²) in [5.74, 6) is 2.22. The monoisotopic (exact) mass is 452 g/mol. The van der Waals surface area contributed by atoms with E-state index < -0.39 is 0 Å². The van der Waals surface area contributed by atoms with Crippen molar-refractivity contribution in [2.24, 2.45) is 0 Å². The number of hydrogen-bond acceptors (Lipinski definition) is 7. The zero-order valence-electron chi connectivity index (χ0n) is 19.6. The van der Waals surface area contributed by atoms with Gasteiger partial charge in [0, 0.05) is 29.6 Å². The summed E-state index contributed by atoms with van der Waals surface area (Å²) in [6, 6.07) is 6.15. The number of aromatic nitrogens is 5. The Balaban J connectivity index is 1.47. The van der Waals surface area contributed by atoms with Crippen molar-refractivity contribution in [1.82, 2.24) is 30.1 Å². The number of tetrazole rings is 1. The van der Waals surface area contributed by atoms with Gasteiger partial charge in [0.05, 0.1) is 17.6 Å². The van der Waals surface area contributed by atoms with Gasteiger partial charge in [-0.1, -0.05) is 26.2 Å². The summed E-state index contributed by atoms with van der Waals surface area (Å²) in [6.07, 6.45) is 6.88. The number of nitrogens with one attached hydrogen (secondary N) is 1. The van der Waals surface area contributed by atoms with Gasteiger partial charge in [0.1, 0.15) is 0 Å². The Bertz CT molecular complexity index is 1190. The van der Waals surface area contributed by atoms with E-state index in [9.17, 15) is 4.79 Å². The lowest BCUT2D eigenvalue weighted by molar-refractivity contribution is 0.129. The Labute approximate surface area is 193 Å². The number of aromatic amines is 1. The van der Waals surface area contributed by atoms with Crippen LogP contribution >= 0.6 is 0 Å². The number of H-pyrrole nitrogens is 1. The minimum absolute atomic E-state index is 0.0735. The van der Waals surface area contributed by atoms with Crippen molar-refractivity contribution in [2.75, 3.05) is 6.79 Å². The number of fused-ring (bicyclic) bond motifs is 2. The van der Waals surface area contributed by atoms with Crippen LogP contribution in [0.2, 0.25) is 0 Å². The van der Waals surface area contributed by atoms with Gasteiger partial charge in [-0.05, 0) is 55.7 Å². The second-order valence-electron chi connectivity index (χ2n) is 9.79. The SMILES string of the molecule is CCC(C)(C)n1nnnc1CN(Cc1cc2cc3c(cc2[nH]c1=O)OCO3)C1CCCCC1. The topological polar surface area (TPSA) is 98.2 Å². The van der Waals surface area contributed by atoms with E-state index >= 15 is 0 Å². The molecule has 3 heterocycles. The van der Waals surface area contributed by atoms with E-state index in [1.807, 2.05) is 22.9 Å². The Morgan fingerprint density at radius 1 is 1.12 bits per heavy atom. The first kappa shape index (κ1) is 21.9. The Hall–Kier alpha value is -2.94. The van der Waals surface area contributed by atoms with E-state index in [0.29, 0.717) is 30.6 Å². The average molecular weight is 453 g/mol. The third-order valence-electron chi connectivity index (χ3n) is 7.20. The Morgan fingerprint density at radius 2 is 1.88 bits per heavy atom. The van der Waals surface area contributed by atoms with Crippen LogP contribution in [-0.2, 0) is 18.6 Å².